The highest BCUT2D eigenvalue weighted by Crippen LogP contribution is 2.17. The third-order valence-electron chi connectivity index (χ3n) is 5.49. The van der Waals surface area contributed by atoms with Crippen LogP contribution in [0, 0.1) is 0 Å². The predicted molar refractivity (Wildman–Crippen MR) is 114 cm³/mol. The van der Waals surface area contributed by atoms with Gasteiger partial charge in [-0.25, -0.2) is 5.84 Å². The lowest BCUT2D eigenvalue weighted by atomic mass is 10.0. The van der Waals surface area contributed by atoms with E-state index >= 15 is 0 Å². The minimum absolute atomic E-state index is 0.0804. The summed E-state index contributed by atoms with van der Waals surface area (Å²) in [5, 5.41) is 1.70. The molecule has 0 atom stereocenters. The van der Waals surface area contributed by atoms with Crippen LogP contribution in [0.2, 0.25) is 0 Å². The molecule has 1 saturated heterocycles. The third kappa shape index (κ3) is 4.95. The molecule has 2 aliphatic heterocycles. The number of rotatable bonds is 6. The summed E-state index contributed by atoms with van der Waals surface area (Å²) in [4.78, 5) is 18.6. The average molecular weight is 393 g/mol. The highest BCUT2D eigenvalue weighted by Gasteiger charge is 2.17. The monoisotopic (exact) mass is 392 g/mol. The van der Waals surface area contributed by atoms with Crippen LogP contribution in [0.3, 0.4) is 0 Å². The zero-order valence-electron chi connectivity index (χ0n) is 16.7. The topological polar surface area (TPSA) is 71.2 Å². The summed E-state index contributed by atoms with van der Waals surface area (Å²) in [5.74, 6) is 7.61. The Morgan fingerprint density at radius 1 is 0.931 bits per heavy atom. The van der Waals surface area contributed by atoms with Gasteiger partial charge in [-0.05, 0) is 48.9 Å². The van der Waals surface area contributed by atoms with Gasteiger partial charge in [-0.2, -0.15) is 0 Å². The van der Waals surface area contributed by atoms with Crippen molar-refractivity contribution in [2.75, 3.05) is 32.8 Å². The number of nitrogens with zero attached hydrogens (tertiary/aromatic N) is 3. The second kappa shape index (κ2) is 9.09. The molecule has 4 rings (SSSR count). The molecule has 0 spiro atoms. The van der Waals surface area contributed by atoms with E-state index in [1.165, 1.54) is 17.5 Å². The zero-order valence-corrected chi connectivity index (χ0v) is 16.7. The van der Waals surface area contributed by atoms with Crippen LogP contribution in [-0.2, 0) is 11.2 Å². The molecule has 2 aliphatic rings. The molecule has 6 heteroatoms. The average Bonchev–Trinajstić information content (AvgIpc) is 3.20. The molecule has 152 valence electrons. The minimum atomic E-state index is 0.0804. The van der Waals surface area contributed by atoms with Crippen LogP contribution in [0.1, 0.15) is 36.0 Å². The van der Waals surface area contributed by atoms with Crippen LogP contribution < -0.4 is 10.6 Å². The van der Waals surface area contributed by atoms with E-state index < -0.39 is 0 Å². The lowest BCUT2D eigenvalue weighted by molar-refractivity contribution is -0.134. The molecule has 0 unspecified atom stereocenters. The minimum Gasteiger partial charge on any atom is -0.484 e. The Balaban J connectivity index is 1.29. The van der Waals surface area contributed by atoms with Crippen molar-refractivity contribution in [3.63, 3.8) is 0 Å². The molecule has 2 N–H and O–H groups in total. The number of carbonyl (C=O) groups is 1. The molecular formula is C23H28N4O2. The summed E-state index contributed by atoms with van der Waals surface area (Å²) >= 11 is 0. The van der Waals surface area contributed by atoms with Gasteiger partial charge in [0.1, 0.15) is 11.6 Å². The summed E-state index contributed by atoms with van der Waals surface area (Å²) in [6.07, 6.45) is 4.25. The van der Waals surface area contributed by atoms with Crippen molar-refractivity contribution >= 4 is 11.7 Å². The first-order valence-corrected chi connectivity index (χ1v) is 10.3. The predicted octanol–water partition coefficient (Wildman–Crippen LogP) is 2.60. The van der Waals surface area contributed by atoms with Crippen molar-refractivity contribution in [1.82, 2.24) is 9.91 Å². The van der Waals surface area contributed by atoms with Crippen molar-refractivity contribution in [2.45, 2.75) is 25.7 Å². The number of likely N-dealkylation sites (tertiary alicyclic amines) is 1. The first kappa shape index (κ1) is 19.5. The van der Waals surface area contributed by atoms with Gasteiger partial charge in [0, 0.05) is 18.7 Å². The van der Waals surface area contributed by atoms with E-state index in [4.69, 9.17) is 10.6 Å². The number of benzene rings is 2. The molecule has 2 aromatic rings. The van der Waals surface area contributed by atoms with E-state index in [1.807, 2.05) is 17.0 Å². The molecule has 2 aromatic carbocycles. The molecule has 0 aromatic heterocycles. The van der Waals surface area contributed by atoms with Gasteiger partial charge in [-0.15, -0.1) is 0 Å². The van der Waals surface area contributed by atoms with Gasteiger partial charge in [-0.1, -0.05) is 36.4 Å². The SMILES string of the molecule is NN1CCN=C1c1ccc(Cc2ccc(OCC(=O)N3CCCCC3)cc2)cc1. The number of aliphatic imine (C=N–C) groups is 1. The summed E-state index contributed by atoms with van der Waals surface area (Å²) in [5.41, 5.74) is 3.48. The molecule has 6 nitrogen and oxygen atoms in total. The number of hydrogen-bond acceptors (Lipinski definition) is 5. The van der Waals surface area contributed by atoms with E-state index in [9.17, 15) is 4.79 Å². The Labute approximate surface area is 171 Å². The van der Waals surface area contributed by atoms with E-state index in [0.717, 1.165) is 62.6 Å². The number of hydrazine groups is 1. The van der Waals surface area contributed by atoms with Gasteiger partial charge in [0.05, 0.1) is 13.1 Å². The Bertz CT molecular complexity index is 855. The maximum atomic E-state index is 12.2. The van der Waals surface area contributed by atoms with Gasteiger partial charge in [0.2, 0.25) is 0 Å². The Hall–Kier alpha value is -2.86. The first-order valence-electron chi connectivity index (χ1n) is 10.3. The van der Waals surface area contributed by atoms with Crippen LogP contribution in [0.5, 0.6) is 5.75 Å². The quantitative estimate of drug-likeness (QED) is 0.767. The van der Waals surface area contributed by atoms with Gasteiger partial charge < -0.3 is 9.64 Å². The number of ether oxygens (including phenoxy) is 1. The molecule has 0 saturated carbocycles. The number of amidine groups is 1. The second-order valence-electron chi connectivity index (χ2n) is 7.65. The smallest absolute Gasteiger partial charge is 0.260 e. The van der Waals surface area contributed by atoms with Gasteiger partial charge in [0.25, 0.3) is 5.91 Å². The van der Waals surface area contributed by atoms with Crippen LogP contribution in [0.25, 0.3) is 0 Å². The maximum absolute atomic E-state index is 12.2. The zero-order chi connectivity index (χ0) is 20.1. The van der Waals surface area contributed by atoms with Gasteiger partial charge >= 0.3 is 0 Å². The van der Waals surface area contributed by atoms with Crippen molar-refractivity contribution in [3.05, 3.63) is 65.2 Å². The molecule has 0 radical (unpaired) electrons. The fourth-order valence-corrected chi connectivity index (χ4v) is 3.81. The Morgan fingerprint density at radius 3 is 2.21 bits per heavy atom. The first-order chi connectivity index (χ1) is 14.2. The standard InChI is InChI=1S/C23H28N4O2/c24-27-15-12-25-23(27)20-8-4-18(5-9-20)16-19-6-10-21(11-7-19)29-17-22(28)26-13-2-1-3-14-26/h4-11H,1-3,12-17,24H2. The Kier molecular flexibility index (Phi) is 6.10. The van der Waals surface area contributed by atoms with Crippen LogP contribution in [-0.4, -0.2) is 54.4 Å². The lowest BCUT2D eigenvalue weighted by Gasteiger charge is -2.26. The van der Waals surface area contributed by atoms with Crippen molar-refractivity contribution in [2.24, 2.45) is 10.8 Å². The fraction of sp³-hybridized carbons (Fsp3) is 0.391. The molecule has 29 heavy (non-hydrogen) atoms. The maximum Gasteiger partial charge on any atom is 0.260 e. The van der Waals surface area contributed by atoms with Gasteiger partial charge in [0.15, 0.2) is 6.61 Å². The largest absolute Gasteiger partial charge is 0.484 e. The van der Waals surface area contributed by atoms with E-state index in [1.54, 1.807) is 5.01 Å². The summed E-state index contributed by atoms with van der Waals surface area (Å²) < 4.78 is 5.69. The molecule has 1 amide bonds. The number of nitrogens with two attached hydrogens (primary N) is 1. The lowest BCUT2D eigenvalue weighted by Crippen LogP contribution is -2.38. The van der Waals surface area contributed by atoms with Gasteiger partial charge in [-0.3, -0.25) is 14.8 Å². The summed E-state index contributed by atoms with van der Waals surface area (Å²) in [6.45, 7) is 3.36. The number of piperidine rings is 1. The van der Waals surface area contributed by atoms with E-state index in [0.29, 0.717) is 0 Å². The highest BCUT2D eigenvalue weighted by atomic mass is 16.5. The number of amides is 1. The molecular weight excluding hydrogens is 364 g/mol. The van der Waals surface area contributed by atoms with Crippen molar-refractivity contribution < 1.29 is 9.53 Å². The number of hydrogen-bond donors (Lipinski definition) is 1. The molecule has 1 fully saturated rings. The number of carbonyl (C=O) groups excluding carboxylic acids is 1. The van der Waals surface area contributed by atoms with Crippen molar-refractivity contribution in [3.8, 4) is 5.75 Å². The highest BCUT2D eigenvalue weighted by molar-refractivity contribution is 5.99. The van der Waals surface area contributed by atoms with Crippen molar-refractivity contribution in [1.29, 1.82) is 0 Å². The van der Waals surface area contributed by atoms with E-state index in [-0.39, 0.29) is 12.5 Å². The molecule has 0 bridgehead atoms. The molecule has 0 aliphatic carbocycles. The van der Waals surface area contributed by atoms with E-state index in [2.05, 4.69) is 41.4 Å². The fourth-order valence-electron chi connectivity index (χ4n) is 3.81. The normalized spacial score (nSPS) is 16.7. The van der Waals surface area contributed by atoms with Crippen LogP contribution >= 0.6 is 0 Å². The Morgan fingerprint density at radius 2 is 1.59 bits per heavy atom. The summed E-state index contributed by atoms with van der Waals surface area (Å²) in [7, 11) is 0. The third-order valence-corrected chi connectivity index (χ3v) is 5.49. The van der Waals surface area contributed by atoms with Crippen LogP contribution in [0.15, 0.2) is 53.5 Å². The second-order valence-corrected chi connectivity index (χ2v) is 7.65. The summed E-state index contributed by atoms with van der Waals surface area (Å²) in [6, 6.07) is 16.4. The molecule has 2 heterocycles. The van der Waals surface area contributed by atoms with Crippen LogP contribution in [0.4, 0.5) is 0 Å².